The molecule has 4 nitrogen and oxygen atoms in total. The number of aliphatic hydroxyl groups excluding tert-OH is 1. The lowest BCUT2D eigenvalue weighted by Crippen LogP contribution is -2.47. The van der Waals surface area contributed by atoms with Crippen LogP contribution in [0, 0.1) is 5.41 Å². The van der Waals surface area contributed by atoms with Crippen LogP contribution in [-0.2, 0) is 11.2 Å². The molecule has 0 spiro atoms. The number of aliphatic hydroxyl groups is 1. The van der Waals surface area contributed by atoms with Gasteiger partial charge in [-0.05, 0) is 61.4 Å². The van der Waals surface area contributed by atoms with Crippen LogP contribution in [-0.4, -0.2) is 42.7 Å². The summed E-state index contributed by atoms with van der Waals surface area (Å²) in [7, 11) is 1.64. The minimum Gasteiger partial charge on any atom is -0.497 e. The Bertz CT molecular complexity index is 801. The molecule has 1 aliphatic heterocycles. The number of hydrogen-bond acceptors (Lipinski definition) is 3. The number of carbonyl (C=O) groups excluding carboxylic acids is 1. The molecule has 0 unspecified atom stereocenters. The number of nitrogens with zero attached hydrogens (tertiary/aromatic N) is 1. The third-order valence-electron chi connectivity index (χ3n) is 5.86. The maximum atomic E-state index is 12.7. The van der Waals surface area contributed by atoms with E-state index in [0.717, 1.165) is 50.0 Å². The van der Waals surface area contributed by atoms with Crippen LogP contribution in [0.15, 0.2) is 60.7 Å². The van der Waals surface area contributed by atoms with E-state index in [4.69, 9.17) is 4.74 Å². The molecule has 3 rings (SSSR count). The molecule has 154 valence electrons. The number of carbonyl (C=O) groups is 1. The van der Waals surface area contributed by atoms with E-state index in [1.54, 1.807) is 13.2 Å². The van der Waals surface area contributed by atoms with Crippen molar-refractivity contribution in [2.24, 2.45) is 5.41 Å². The molecule has 2 aromatic rings. The van der Waals surface area contributed by atoms with Crippen molar-refractivity contribution >= 4 is 12.0 Å². The Hall–Kier alpha value is -2.59. The zero-order valence-corrected chi connectivity index (χ0v) is 17.2. The Balaban J connectivity index is 1.56. The Labute approximate surface area is 173 Å². The van der Waals surface area contributed by atoms with E-state index in [0.29, 0.717) is 6.54 Å². The van der Waals surface area contributed by atoms with Gasteiger partial charge in [-0.25, -0.2) is 0 Å². The third-order valence-corrected chi connectivity index (χ3v) is 5.86. The van der Waals surface area contributed by atoms with Crippen LogP contribution >= 0.6 is 0 Å². The second kappa shape index (κ2) is 10.3. The number of likely N-dealkylation sites (tertiary alicyclic amines) is 1. The van der Waals surface area contributed by atoms with Crippen molar-refractivity contribution in [2.45, 2.75) is 32.1 Å². The van der Waals surface area contributed by atoms with Crippen molar-refractivity contribution in [2.75, 3.05) is 26.8 Å². The first-order valence-electron chi connectivity index (χ1n) is 10.4. The van der Waals surface area contributed by atoms with Gasteiger partial charge >= 0.3 is 0 Å². The molecule has 0 aliphatic carbocycles. The number of aryl methyl sites for hydroxylation is 1. The van der Waals surface area contributed by atoms with Crippen LogP contribution in [0.4, 0.5) is 0 Å². The van der Waals surface area contributed by atoms with E-state index >= 15 is 0 Å². The largest absolute Gasteiger partial charge is 0.497 e. The average Bonchev–Trinajstić information content (AvgIpc) is 2.78. The van der Waals surface area contributed by atoms with Crippen molar-refractivity contribution in [1.29, 1.82) is 0 Å². The van der Waals surface area contributed by atoms with Crippen LogP contribution in [0.25, 0.3) is 6.08 Å². The second-order valence-corrected chi connectivity index (χ2v) is 7.97. The van der Waals surface area contributed by atoms with E-state index in [9.17, 15) is 9.90 Å². The maximum Gasteiger partial charge on any atom is 0.246 e. The molecule has 0 saturated carbocycles. The van der Waals surface area contributed by atoms with Gasteiger partial charge in [-0.15, -0.1) is 0 Å². The van der Waals surface area contributed by atoms with E-state index in [2.05, 4.69) is 24.3 Å². The molecular formula is C25H31NO3. The summed E-state index contributed by atoms with van der Waals surface area (Å²) in [6.07, 6.45) is 8.36. The SMILES string of the molecule is COc1ccc(/C=C/C(=O)N2CCC[C@@](CO)(CCCc3ccccc3)C2)cc1. The lowest BCUT2D eigenvalue weighted by atomic mass is 9.76. The van der Waals surface area contributed by atoms with E-state index in [1.165, 1.54) is 5.56 Å². The molecule has 1 aliphatic rings. The highest BCUT2D eigenvalue weighted by Gasteiger charge is 2.35. The van der Waals surface area contributed by atoms with E-state index < -0.39 is 0 Å². The molecule has 1 saturated heterocycles. The highest BCUT2D eigenvalue weighted by Crippen LogP contribution is 2.35. The van der Waals surface area contributed by atoms with E-state index in [1.807, 2.05) is 41.3 Å². The molecule has 1 amide bonds. The van der Waals surface area contributed by atoms with Gasteiger partial charge in [0.2, 0.25) is 5.91 Å². The molecule has 4 heteroatoms. The quantitative estimate of drug-likeness (QED) is 0.679. The molecule has 0 bridgehead atoms. The molecular weight excluding hydrogens is 362 g/mol. The van der Waals surface area contributed by atoms with Crippen LogP contribution in [0.5, 0.6) is 5.75 Å². The zero-order valence-electron chi connectivity index (χ0n) is 17.2. The third kappa shape index (κ3) is 5.94. The summed E-state index contributed by atoms with van der Waals surface area (Å²) in [5.74, 6) is 0.814. The number of benzene rings is 2. The summed E-state index contributed by atoms with van der Waals surface area (Å²) in [4.78, 5) is 14.6. The number of amides is 1. The van der Waals surface area contributed by atoms with Crippen molar-refractivity contribution in [3.05, 3.63) is 71.8 Å². The summed E-state index contributed by atoms with van der Waals surface area (Å²) in [6.45, 7) is 1.52. The first kappa shape index (κ1) is 21.1. The average molecular weight is 394 g/mol. The fourth-order valence-electron chi connectivity index (χ4n) is 4.11. The minimum atomic E-state index is -0.184. The summed E-state index contributed by atoms with van der Waals surface area (Å²) in [5.41, 5.74) is 2.11. The smallest absolute Gasteiger partial charge is 0.246 e. The summed E-state index contributed by atoms with van der Waals surface area (Å²) >= 11 is 0. The highest BCUT2D eigenvalue weighted by atomic mass is 16.5. The Morgan fingerprint density at radius 1 is 1.17 bits per heavy atom. The van der Waals surface area contributed by atoms with Crippen molar-refractivity contribution in [3.63, 3.8) is 0 Å². The highest BCUT2D eigenvalue weighted by molar-refractivity contribution is 5.91. The van der Waals surface area contributed by atoms with Crippen LogP contribution < -0.4 is 4.74 Å². The Morgan fingerprint density at radius 3 is 2.62 bits per heavy atom. The maximum absolute atomic E-state index is 12.7. The van der Waals surface area contributed by atoms with Crippen LogP contribution in [0.3, 0.4) is 0 Å². The number of piperidine rings is 1. The first-order chi connectivity index (χ1) is 14.1. The van der Waals surface area contributed by atoms with E-state index in [-0.39, 0.29) is 17.9 Å². The van der Waals surface area contributed by atoms with Gasteiger partial charge in [0.05, 0.1) is 13.7 Å². The van der Waals surface area contributed by atoms with Crippen molar-refractivity contribution in [3.8, 4) is 5.75 Å². The molecule has 1 fully saturated rings. The monoisotopic (exact) mass is 393 g/mol. The topological polar surface area (TPSA) is 49.8 Å². The molecule has 0 radical (unpaired) electrons. The summed E-state index contributed by atoms with van der Waals surface area (Å²) in [5, 5.41) is 10.1. The van der Waals surface area contributed by atoms with Crippen LogP contribution in [0.1, 0.15) is 36.8 Å². The standard InChI is InChI=1S/C25H31NO3/c1-29-23-13-10-22(11-14-23)12-15-24(28)26-18-6-17-25(19-26,20-27)16-5-9-21-7-3-2-4-8-21/h2-4,7-8,10-15,27H,5-6,9,16-20H2,1H3/b15-12+/t25-/m0/s1. The summed E-state index contributed by atoms with van der Waals surface area (Å²) in [6, 6.07) is 18.1. The number of rotatable bonds is 8. The lowest BCUT2D eigenvalue weighted by molar-refractivity contribution is -0.130. The number of hydrogen-bond donors (Lipinski definition) is 1. The van der Waals surface area contributed by atoms with Gasteiger partial charge in [0.15, 0.2) is 0 Å². The molecule has 2 aromatic carbocycles. The fraction of sp³-hybridized carbons (Fsp3) is 0.400. The predicted octanol–water partition coefficient (Wildman–Crippen LogP) is 4.33. The lowest BCUT2D eigenvalue weighted by Gasteiger charge is -2.41. The summed E-state index contributed by atoms with van der Waals surface area (Å²) < 4.78 is 5.16. The van der Waals surface area contributed by atoms with Gasteiger partial charge in [0.1, 0.15) is 5.75 Å². The van der Waals surface area contributed by atoms with Gasteiger partial charge in [-0.3, -0.25) is 4.79 Å². The van der Waals surface area contributed by atoms with Gasteiger partial charge in [-0.1, -0.05) is 42.5 Å². The molecule has 1 N–H and O–H groups in total. The van der Waals surface area contributed by atoms with Gasteiger partial charge < -0.3 is 14.7 Å². The number of methoxy groups -OCH3 is 1. The fourth-order valence-corrected chi connectivity index (χ4v) is 4.11. The normalized spacial score (nSPS) is 19.4. The molecule has 29 heavy (non-hydrogen) atoms. The van der Waals surface area contributed by atoms with Gasteiger partial charge in [0.25, 0.3) is 0 Å². The first-order valence-corrected chi connectivity index (χ1v) is 10.4. The zero-order chi connectivity index (χ0) is 20.5. The van der Waals surface area contributed by atoms with Crippen molar-refractivity contribution in [1.82, 2.24) is 4.90 Å². The second-order valence-electron chi connectivity index (χ2n) is 7.97. The molecule has 1 atom stereocenters. The Morgan fingerprint density at radius 2 is 1.93 bits per heavy atom. The Kier molecular flexibility index (Phi) is 7.48. The van der Waals surface area contributed by atoms with Gasteiger partial charge in [0, 0.05) is 24.6 Å². The van der Waals surface area contributed by atoms with Crippen molar-refractivity contribution < 1.29 is 14.6 Å². The number of ether oxygens (including phenoxy) is 1. The minimum absolute atomic E-state index is 0.0152. The predicted molar refractivity (Wildman–Crippen MR) is 117 cm³/mol. The molecule has 1 heterocycles. The van der Waals surface area contributed by atoms with Gasteiger partial charge in [-0.2, -0.15) is 0 Å². The molecule has 0 aromatic heterocycles. The van der Waals surface area contributed by atoms with Crippen LogP contribution in [0.2, 0.25) is 0 Å².